The van der Waals surface area contributed by atoms with Crippen molar-refractivity contribution in [2.75, 3.05) is 47.4 Å². The van der Waals surface area contributed by atoms with E-state index in [0.717, 1.165) is 61.8 Å². The Hall–Kier alpha value is -4.57. The fourth-order valence-corrected chi connectivity index (χ4v) is 4.16. The second kappa shape index (κ2) is 13.3. The molecule has 2 aliphatic heterocycles. The van der Waals surface area contributed by atoms with Gasteiger partial charge in [-0.2, -0.15) is 0 Å². The van der Waals surface area contributed by atoms with E-state index in [0.29, 0.717) is 22.7 Å². The standard InChI is InChI=1S/C28H30N8O2.ClH/c37-27(35-23-7-1-5-19(17-23)25-29-13-3-14-30-25)33-21-9-11-22(12-10-21)34-28(38)36-24-8-2-6-20(18-24)26-31-15-4-16-32-26;/h1-2,5-12,17-18H,3-4,13-16H2,(H,29,30)(H,31,32)(H2,33,35,37)(H2,34,36,38);1H. The first-order chi connectivity index (χ1) is 18.6. The molecule has 3 aromatic carbocycles. The van der Waals surface area contributed by atoms with Crippen molar-refractivity contribution >= 4 is 58.9 Å². The molecule has 0 aliphatic carbocycles. The molecule has 0 fully saturated rings. The second-order valence-electron chi connectivity index (χ2n) is 8.92. The Kier molecular flexibility index (Phi) is 9.36. The quantitative estimate of drug-likeness (QED) is 0.263. The zero-order chi connectivity index (χ0) is 26.2. The lowest BCUT2D eigenvalue weighted by atomic mass is 10.1. The smallest absolute Gasteiger partial charge is 0.323 e. The van der Waals surface area contributed by atoms with Crippen LogP contribution >= 0.6 is 12.4 Å². The summed E-state index contributed by atoms with van der Waals surface area (Å²) in [6.45, 7) is 3.39. The van der Waals surface area contributed by atoms with Gasteiger partial charge in [0.05, 0.1) is 0 Å². The molecule has 3 aromatic rings. The maximum Gasteiger partial charge on any atom is 0.323 e. The monoisotopic (exact) mass is 546 g/mol. The number of anilines is 4. The Morgan fingerprint density at radius 1 is 0.590 bits per heavy atom. The summed E-state index contributed by atoms with van der Waals surface area (Å²) in [6, 6.07) is 21.3. The maximum absolute atomic E-state index is 12.5. The molecular formula is C28H31ClN8O2. The lowest BCUT2D eigenvalue weighted by molar-refractivity contribution is 0.261. The highest BCUT2D eigenvalue weighted by atomic mass is 35.5. The molecule has 4 amide bonds. The molecule has 0 spiro atoms. The number of carbonyl (C=O) groups excluding carboxylic acids is 2. The Balaban J connectivity index is 0.00000353. The van der Waals surface area contributed by atoms with Crippen LogP contribution in [-0.2, 0) is 0 Å². The van der Waals surface area contributed by atoms with E-state index >= 15 is 0 Å². The average Bonchev–Trinajstić information content (AvgIpc) is 2.95. The molecule has 0 saturated carbocycles. The summed E-state index contributed by atoms with van der Waals surface area (Å²) in [5.41, 5.74) is 4.39. The van der Waals surface area contributed by atoms with E-state index in [1.54, 1.807) is 24.3 Å². The number of benzene rings is 3. The summed E-state index contributed by atoms with van der Waals surface area (Å²) in [5, 5.41) is 17.9. The van der Waals surface area contributed by atoms with Crippen LogP contribution < -0.4 is 31.9 Å². The number of carbonyl (C=O) groups is 2. The summed E-state index contributed by atoms with van der Waals surface area (Å²) < 4.78 is 0. The van der Waals surface area contributed by atoms with Gasteiger partial charge in [0.25, 0.3) is 0 Å². The number of nitrogens with one attached hydrogen (secondary N) is 6. The summed E-state index contributed by atoms with van der Waals surface area (Å²) in [6.07, 6.45) is 2.04. The first kappa shape index (κ1) is 27.5. The maximum atomic E-state index is 12.5. The summed E-state index contributed by atoms with van der Waals surface area (Å²) in [7, 11) is 0. The summed E-state index contributed by atoms with van der Waals surface area (Å²) >= 11 is 0. The van der Waals surface area contributed by atoms with Gasteiger partial charge >= 0.3 is 12.1 Å². The number of hydrogen-bond acceptors (Lipinski definition) is 6. The van der Waals surface area contributed by atoms with E-state index in [2.05, 4.69) is 41.9 Å². The first-order valence-electron chi connectivity index (χ1n) is 12.7. The fraction of sp³-hybridized carbons (Fsp3) is 0.214. The zero-order valence-corrected chi connectivity index (χ0v) is 22.1. The lowest BCUT2D eigenvalue weighted by Gasteiger charge is -2.16. The van der Waals surface area contributed by atoms with Crippen LogP contribution in [-0.4, -0.2) is 49.9 Å². The molecule has 0 unspecified atom stereocenters. The van der Waals surface area contributed by atoms with E-state index in [1.807, 2.05) is 48.5 Å². The molecule has 0 aromatic heterocycles. The SMILES string of the molecule is Cl.O=C(Nc1ccc(NC(=O)Nc2cccc(C3=NCCCN3)c2)cc1)Nc1cccc(C2=NCCCN2)c1. The highest BCUT2D eigenvalue weighted by molar-refractivity contribution is 6.04. The Morgan fingerprint density at radius 3 is 1.38 bits per heavy atom. The number of rotatable bonds is 6. The molecule has 39 heavy (non-hydrogen) atoms. The molecule has 0 bridgehead atoms. The van der Waals surface area contributed by atoms with Crippen molar-refractivity contribution in [2.45, 2.75) is 12.8 Å². The van der Waals surface area contributed by atoms with Crippen molar-refractivity contribution in [3.8, 4) is 0 Å². The van der Waals surface area contributed by atoms with Gasteiger partial charge in [-0.05, 0) is 61.4 Å². The number of urea groups is 2. The van der Waals surface area contributed by atoms with E-state index < -0.39 is 0 Å². The molecular weight excluding hydrogens is 516 g/mol. The predicted molar refractivity (Wildman–Crippen MR) is 160 cm³/mol. The van der Waals surface area contributed by atoms with Crippen LogP contribution in [0.5, 0.6) is 0 Å². The minimum atomic E-state index is -0.365. The summed E-state index contributed by atoms with van der Waals surface area (Å²) in [4.78, 5) is 34.0. The Bertz CT molecular complexity index is 1270. The van der Waals surface area contributed by atoms with Crippen molar-refractivity contribution in [3.63, 3.8) is 0 Å². The van der Waals surface area contributed by atoms with Gasteiger partial charge in [-0.15, -0.1) is 12.4 Å². The molecule has 202 valence electrons. The van der Waals surface area contributed by atoms with Crippen LogP contribution in [0.1, 0.15) is 24.0 Å². The van der Waals surface area contributed by atoms with Crippen LogP contribution in [0, 0.1) is 0 Å². The number of aliphatic imine (C=N–C) groups is 2. The van der Waals surface area contributed by atoms with Crippen LogP contribution in [0.4, 0.5) is 32.3 Å². The highest BCUT2D eigenvalue weighted by Crippen LogP contribution is 2.17. The largest absolute Gasteiger partial charge is 0.370 e. The molecule has 0 atom stereocenters. The predicted octanol–water partition coefficient (Wildman–Crippen LogP) is 4.88. The third-order valence-electron chi connectivity index (χ3n) is 5.98. The number of amides is 4. The van der Waals surface area contributed by atoms with E-state index in [-0.39, 0.29) is 24.5 Å². The van der Waals surface area contributed by atoms with Crippen LogP contribution in [0.15, 0.2) is 82.8 Å². The molecule has 10 nitrogen and oxygen atoms in total. The van der Waals surface area contributed by atoms with Crippen molar-refractivity contribution < 1.29 is 9.59 Å². The number of nitrogens with zero attached hydrogens (tertiary/aromatic N) is 2. The van der Waals surface area contributed by atoms with Crippen molar-refractivity contribution in [1.29, 1.82) is 0 Å². The lowest BCUT2D eigenvalue weighted by Crippen LogP contribution is -2.30. The van der Waals surface area contributed by atoms with Gasteiger partial charge in [-0.3, -0.25) is 9.98 Å². The van der Waals surface area contributed by atoms with Crippen LogP contribution in [0.3, 0.4) is 0 Å². The van der Waals surface area contributed by atoms with Gasteiger partial charge in [0.1, 0.15) is 11.7 Å². The van der Waals surface area contributed by atoms with Gasteiger partial charge in [0, 0.05) is 60.1 Å². The number of halogens is 1. The number of hydrogen-bond donors (Lipinski definition) is 6. The molecule has 2 heterocycles. The van der Waals surface area contributed by atoms with E-state index in [9.17, 15) is 9.59 Å². The molecule has 6 N–H and O–H groups in total. The van der Waals surface area contributed by atoms with Gasteiger partial charge in [-0.1, -0.05) is 24.3 Å². The molecule has 2 aliphatic rings. The van der Waals surface area contributed by atoms with Crippen molar-refractivity contribution in [1.82, 2.24) is 10.6 Å². The van der Waals surface area contributed by atoms with E-state index in [1.165, 1.54) is 0 Å². The Labute approximate surface area is 233 Å². The first-order valence-corrected chi connectivity index (χ1v) is 12.7. The fourth-order valence-electron chi connectivity index (χ4n) is 4.16. The highest BCUT2D eigenvalue weighted by Gasteiger charge is 2.11. The summed E-state index contributed by atoms with van der Waals surface area (Å²) in [5.74, 6) is 1.69. The second-order valence-corrected chi connectivity index (χ2v) is 8.92. The third-order valence-corrected chi connectivity index (χ3v) is 5.98. The average molecular weight is 547 g/mol. The van der Waals surface area contributed by atoms with Gasteiger partial charge < -0.3 is 31.9 Å². The minimum Gasteiger partial charge on any atom is -0.370 e. The Morgan fingerprint density at radius 2 is 1.00 bits per heavy atom. The molecule has 5 rings (SSSR count). The third kappa shape index (κ3) is 7.71. The number of amidine groups is 2. The van der Waals surface area contributed by atoms with Crippen LogP contribution in [0.25, 0.3) is 0 Å². The zero-order valence-electron chi connectivity index (χ0n) is 21.3. The van der Waals surface area contributed by atoms with E-state index in [4.69, 9.17) is 0 Å². The topological polar surface area (TPSA) is 131 Å². The van der Waals surface area contributed by atoms with Crippen LogP contribution in [0.2, 0.25) is 0 Å². The minimum absolute atomic E-state index is 0. The molecule has 0 saturated heterocycles. The molecule has 11 heteroatoms. The van der Waals surface area contributed by atoms with Gasteiger partial charge in [0.15, 0.2) is 0 Å². The van der Waals surface area contributed by atoms with Gasteiger partial charge in [-0.25, -0.2) is 9.59 Å². The molecule has 0 radical (unpaired) electrons. The van der Waals surface area contributed by atoms with Crippen molar-refractivity contribution in [3.05, 3.63) is 83.9 Å². The van der Waals surface area contributed by atoms with Crippen molar-refractivity contribution in [2.24, 2.45) is 9.98 Å². The normalized spacial score (nSPS) is 14.3. The van der Waals surface area contributed by atoms with Gasteiger partial charge in [0.2, 0.25) is 0 Å².